The van der Waals surface area contributed by atoms with Gasteiger partial charge in [-0.1, -0.05) is 0 Å². The molecule has 0 atom stereocenters. The summed E-state index contributed by atoms with van der Waals surface area (Å²) in [6.07, 6.45) is 6.76. The van der Waals surface area contributed by atoms with Crippen molar-refractivity contribution in [1.29, 1.82) is 0 Å². The highest BCUT2D eigenvalue weighted by Gasteiger charge is 2.39. The summed E-state index contributed by atoms with van der Waals surface area (Å²) in [7, 11) is 1.66. The second-order valence-corrected chi connectivity index (χ2v) is 6.97. The van der Waals surface area contributed by atoms with E-state index >= 15 is 0 Å². The molecule has 1 aliphatic carbocycles. The van der Waals surface area contributed by atoms with Gasteiger partial charge in [0.2, 0.25) is 5.91 Å². The minimum Gasteiger partial charge on any atom is -0.490 e. The Bertz CT molecular complexity index is 533. The summed E-state index contributed by atoms with van der Waals surface area (Å²) >= 11 is 0. The van der Waals surface area contributed by atoms with Gasteiger partial charge in [0.15, 0.2) is 0 Å². The third-order valence-electron chi connectivity index (χ3n) is 5.18. The van der Waals surface area contributed by atoms with Crippen LogP contribution >= 0.6 is 12.4 Å². The number of carbonyl (C=O) groups excluding carboxylic acids is 1. The van der Waals surface area contributed by atoms with E-state index in [0.29, 0.717) is 12.7 Å². The maximum Gasteiger partial charge on any atom is 0.233 e. The zero-order valence-electron chi connectivity index (χ0n) is 14.9. The van der Waals surface area contributed by atoms with Crippen LogP contribution in [0.3, 0.4) is 0 Å². The van der Waals surface area contributed by atoms with E-state index in [-0.39, 0.29) is 18.3 Å². The lowest BCUT2D eigenvalue weighted by Gasteiger charge is -2.35. The smallest absolute Gasteiger partial charge is 0.233 e. The molecule has 0 aromatic heterocycles. The molecule has 25 heavy (non-hydrogen) atoms. The third kappa shape index (κ3) is 5.09. The van der Waals surface area contributed by atoms with E-state index in [2.05, 4.69) is 10.6 Å². The molecule has 2 N–H and O–H groups in total. The molecule has 1 aliphatic heterocycles. The lowest BCUT2D eigenvalue weighted by molar-refractivity contribution is -0.130. The van der Waals surface area contributed by atoms with Crippen LogP contribution < -0.4 is 15.4 Å². The van der Waals surface area contributed by atoms with Crippen molar-refractivity contribution >= 4 is 24.0 Å². The highest BCUT2D eigenvalue weighted by Crippen LogP contribution is 2.31. The minimum absolute atomic E-state index is 0. The Balaban J connectivity index is 0.00000225. The summed E-state index contributed by atoms with van der Waals surface area (Å²) in [6, 6.07) is 7.73. The zero-order valence-corrected chi connectivity index (χ0v) is 15.7. The van der Waals surface area contributed by atoms with Crippen molar-refractivity contribution in [2.45, 2.75) is 44.6 Å². The van der Waals surface area contributed by atoms with Crippen molar-refractivity contribution in [1.82, 2.24) is 5.32 Å². The number of piperidine rings is 1. The Morgan fingerprint density at radius 2 is 1.84 bits per heavy atom. The van der Waals surface area contributed by atoms with Crippen LogP contribution in [0.2, 0.25) is 0 Å². The van der Waals surface area contributed by atoms with Gasteiger partial charge in [-0.05, 0) is 75.9 Å². The molecular weight excluding hydrogens is 340 g/mol. The van der Waals surface area contributed by atoms with Crippen molar-refractivity contribution in [3.63, 3.8) is 0 Å². The summed E-state index contributed by atoms with van der Waals surface area (Å²) in [4.78, 5) is 12.8. The highest BCUT2D eigenvalue weighted by molar-refractivity contribution is 5.95. The van der Waals surface area contributed by atoms with E-state index in [1.165, 1.54) is 12.8 Å². The van der Waals surface area contributed by atoms with Gasteiger partial charge in [-0.3, -0.25) is 4.79 Å². The van der Waals surface area contributed by atoms with E-state index in [1.807, 2.05) is 24.3 Å². The van der Waals surface area contributed by atoms with Gasteiger partial charge in [-0.2, -0.15) is 0 Å². The number of rotatable bonds is 6. The number of methoxy groups -OCH3 is 1. The van der Waals surface area contributed by atoms with Crippen LogP contribution in [0.15, 0.2) is 24.3 Å². The SMILES string of the molecule is COCC1(C(=O)Nc2ccc(OC3CCCC3)cc2)CCNCC1.Cl. The molecule has 1 aromatic carbocycles. The number of hydrogen-bond acceptors (Lipinski definition) is 4. The first kappa shape index (κ1) is 20.0. The second kappa shape index (κ2) is 9.41. The largest absolute Gasteiger partial charge is 0.490 e. The van der Waals surface area contributed by atoms with E-state index in [0.717, 1.165) is 50.2 Å². The normalized spacial score (nSPS) is 19.9. The van der Waals surface area contributed by atoms with Crippen LogP contribution in [0, 0.1) is 5.41 Å². The highest BCUT2D eigenvalue weighted by atomic mass is 35.5. The molecule has 140 valence electrons. The van der Waals surface area contributed by atoms with Crippen molar-refractivity contribution < 1.29 is 14.3 Å². The number of halogens is 1. The molecule has 6 heteroatoms. The van der Waals surface area contributed by atoms with Gasteiger partial charge in [-0.15, -0.1) is 12.4 Å². The van der Waals surface area contributed by atoms with Crippen molar-refractivity contribution in [3.8, 4) is 5.75 Å². The lowest BCUT2D eigenvalue weighted by atomic mass is 9.78. The van der Waals surface area contributed by atoms with Gasteiger partial charge in [0, 0.05) is 12.8 Å². The monoisotopic (exact) mass is 368 g/mol. The van der Waals surface area contributed by atoms with Crippen LogP contribution in [0.1, 0.15) is 38.5 Å². The van der Waals surface area contributed by atoms with Crippen LogP contribution in [-0.2, 0) is 9.53 Å². The number of benzene rings is 1. The maximum absolute atomic E-state index is 12.8. The molecule has 1 aromatic rings. The standard InChI is InChI=1S/C19H28N2O3.ClH/c1-23-14-19(10-12-20-13-11-19)18(22)21-15-6-8-17(9-7-15)24-16-4-2-3-5-16;/h6-9,16,20H,2-5,10-14H2,1H3,(H,21,22);1H. The second-order valence-electron chi connectivity index (χ2n) is 6.97. The van der Waals surface area contributed by atoms with Gasteiger partial charge in [-0.25, -0.2) is 0 Å². The summed E-state index contributed by atoms with van der Waals surface area (Å²) in [5.41, 5.74) is 0.381. The van der Waals surface area contributed by atoms with Crippen LogP contribution in [0.5, 0.6) is 5.75 Å². The van der Waals surface area contributed by atoms with Gasteiger partial charge < -0.3 is 20.1 Å². The summed E-state index contributed by atoms with van der Waals surface area (Å²) in [5, 5.41) is 6.36. The molecule has 0 bridgehead atoms. The number of amides is 1. The molecular formula is C19H29ClN2O3. The number of hydrogen-bond donors (Lipinski definition) is 2. The molecule has 5 nitrogen and oxygen atoms in total. The number of carbonyl (C=O) groups is 1. The van der Waals surface area contributed by atoms with Gasteiger partial charge >= 0.3 is 0 Å². The van der Waals surface area contributed by atoms with E-state index < -0.39 is 5.41 Å². The topological polar surface area (TPSA) is 59.6 Å². The molecule has 1 heterocycles. The Labute approximate surface area is 156 Å². The first-order valence-corrected chi connectivity index (χ1v) is 9.00. The summed E-state index contributed by atoms with van der Waals surface area (Å²) in [6.45, 7) is 2.17. The van der Waals surface area contributed by atoms with Crippen molar-refractivity contribution in [2.75, 3.05) is 32.1 Å². The summed E-state index contributed by atoms with van der Waals surface area (Å²) < 4.78 is 11.3. The predicted molar refractivity (Wildman–Crippen MR) is 102 cm³/mol. The zero-order chi connectivity index (χ0) is 16.8. The molecule has 1 saturated heterocycles. The Morgan fingerprint density at radius 1 is 1.20 bits per heavy atom. The number of ether oxygens (including phenoxy) is 2. The first-order valence-electron chi connectivity index (χ1n) is 9.00. The number of nitrogens with one attached hydrogen (secondary N) is 2. The molecule has 3 rings (SSSR count). The van der Waals surface area contributed by atoms with E-state index in [9.17, 15) is 4.79 Å². The fourth-order valence-corrected chi connectivity index (χ4v) is 3.70. The number of anilines is 1. The Morgan fingerprint density at radius 3 is 2.44 bits per heavy atom. The first-order chi connectivity index (χ1) is 11.7. The Hall–Kier alpha value is -1.30. The molecule has 0 radical (unpaired) electrons. The van der Waals surface area contributed by atoms with Gasteiger partial charge in [0.05, 0.1) is 18.1 Å². The van der Waals surface area contributed by atoms with E-state index in [1.54, 1.807) is 7.11 Å². The molecule has 2 fully saturated rings. The van der Waals surface area contributed by atoms with Crippen molar-refractivity contribution in [3.05, 3.63) is 24.3 Å². The molecule has 1 amide bonds. The third-order valence-corrected chi connectivity index (χ3v) is 5.18. The van der Waals surface area contributed by atoms with Crippen LogP contribution in [0.4, 0.5) is 5.69 Å². The lowest BCUT2D eigenvalue weighted by Crippen LogP contribution is -2.47. The Kier molecular flexibility index (Phi) is 7.54. The fraction of sp³-hybridized carbons (Fsp3) is 0.632. The average molecular weight is 369 g/mol. The van der Waals surface area contributed by atoms with Crippen LogP contribution in [-0.4, -0.2) is 38.8 Å². The quantitative estimate of drug-likeness (QED) is 0.808. The maximum atomic E-state index is 12.8. The minimum atomic E-state index is -0.432. The van der Waals surface area contributed by atoms with E-state index in [4.69, 9.17) is 9.47 Å². The fourth-order valence-electron chi connectivity index (χ4n) is 3.70. The molecule has 2 aliphatic rings. The van der Waals surface area contributed by atoms with Gasteiger partial charge in [0.25, 0.3) is 0 Å². The average Bonchev–Trinajstić information content (AvgIpc) is 3.11. The van der Waals surface area contributed by atoms with Gasteiger partial charge in [0.1, 0.15) is 5.75 Å². The summed E-state index contributed by atoms with van der Waals surface area (Å²) in [5.74, 6) is 0.934. The molecule has 0 spiro atoms. The van der Waals surface area contributed by atoms with Crippen molar-refractivity contribution in [2.24, 2.45) is 5.41 Å². The molecule has 0 unspecified atom stereocenters. The predicted octanol–water partition coefficient (Wildman–Crippen LogP) is 3.38. The molecule has 1 saturated carbocycles. The van der Waals surface area contributed by atoms with Crippen LogP contribution in [0.25, 0.3) is 0 Å².